The first-order valence-electron chi connectivity index (χ1n) is 13.2. The minimum atomic E-state index is -0.899. The van der Waals surface area contributed by atoms with E-state index in [-0.39, 0.29) is 24.3 Å². The molecule has 2 aliphatic heterocycles. The van der Waals surface area contributed by atoms with Crippen molar-refractivity contribution < 1.29 is 38.2 Å². The maximum Gasteiger partial charge on any atom is 0.295 e. The van der Waals surface area contributed by atoms with Gasteiger partial charge in [0.05, 0.1) is 19.2 Å². The number of carbonyl (C=O) groups is 2. The van der Waals surface area contributed by atoms with Crippen LogP contribution in [0.15, 0.2) is 73.3 Å². The molecule has 3 aromatic rings. The van der Waals surface area contributed by atoms with Gasteiger partial charge in [-0.15, -0.1) is 0 Å². The highest BCUT2D eigenvalue weighted by Gasteiger charge is 2.44. The zero-order valence-electron chi connectivity index (χ0n) is 22.3. The Morgan fingerprint density at radius 1 is 1.15 bits per heavy atom. The molecule has 1 N–H and O–H groups in total. The number of aromatic amines is 1. The van der Waals surface area contributed by atoms with Crippen LogP contribution < -0.4 is 28.6 Å². The summed E-state index contributed by atoms with van der Waals surface area (Å²) >= 11 is 0. The van der Waals surface area contributed by atoms with Crippen LogP contribution in [0.25, 0.3) is 5.76 Å². The summed E-state index contributed by atoms with van der Waals surface area (Å²) in [6.07, 6.45) is 7.69. The largest absolute Gasteiger partial charge is 0.872 e. The van der Waals surface area contributed by atoms with E-state index in [1.807, 2.05) is 24.0 Å². The molecule has 5 rings (SSSR count). The van der Waals surface area contributed by atoms with Gasteiger partial charge in [0.2, 0.25) is 12.1 Å². The molecule has 2 aromatic carbocycles. The number of aryl methyl sites for hydroxylation is 1. The molecule has 0 bridgehead atoms. The molecule has 0 saturated carbocycles. The summed E-state index contributed by atoms with van der Waals surface area (Å²) in [4.78, 5) is 31.2. The summed E-state index contributed by atoms with van der Waals surface area (Å²) < 4.78 is 24.7. The number of aromatic nitrogens is 2. The minimum Gasteiger partial charge on any atom is -0.872 e. The first-order chi connectivity index (χ1) is 19.5. The number of carbonyl (C=O) groups excluding carboxylic acids is 2. The van der Waals surface area contributed by atoms with Crippen LogP contribution in [-0.4, -0.2) is 54.5 Å². The number of nitrogens with zero attached hydrogens (tertiary/aromatic N) is 2. The lowest BCUT2D eigenvalue weighted by atomic mass is 9.94. The van der Waals surface area contributed by atoms with E-state index in [1.54, 1.807) is 48.7 Å². The van der Waals surface area contributed by atoms with Gasteiger partial charge in [0.15, 0.2) is 23.0 Å². The summed E-state index contributed by atoms with van der Waals surface area (Å²) in [6.45, 7) is 7.85. The molecule has 10 heteroatoms. The van der Waals surface area contributed by atoms with E-state index < -0.39 is 23.5 Å². The first-order valence-corrected chi connectivity index (χ1v) is 13.2. The number of benzene rings is 2. The van der Waals surface area contributed by atoms with Gasteiger partial charge in [-0.05, 0) is 42.3 Å². The lowest BCUT2D eigenvalue weighted by molar-refractivity contribution is -0.695. The second-order valence-electron chi connectivity index (χ2n) is 9.27. The summed E-state index contributed by atoms with van der Waals surface area (Å²) in [7, 11) is 0. The van der Waals surface area contributed by atoms with Crippen LogP contribution in [0.4, 0.5) is 0 Å². The zero-order valence-corrected chi connectivity index (χ0v) is 22.3. The Kier molecular flexibility index (Phi) is 8.04. The molecule has 10 nitrogen and oxygen atoms in total. The van der Waals surface area contributed by atoms with Crippen molar-refractivity contribution in [2.45, 2.75) is 25.9 Å². The summed E-state index contributed by atoms with van der Waals surface area (Å²) in [5.41, 5.74) is 0.702. The fourth-order valence-corrected chi connectivity index (χ4v) is 4.90. The van der Waals surface area contributed by atoms with E-state index in [1.165, 1.54) is 4.90 Å². The number of hydrogen-bond acceptors (Lipinski definition) is 7. The number of fused-ring (bicyclic) bond motifs is 1. The van der Waals surface area contributed by atoms with E-state index in [0.29, 0.717) is 61.3 Å². The highest BCUT2D eigenvalue weighted by atomic mass is 16.6. The molecule has 1 fully saturated rings. The molecular weight excluding hydrogens is 514 g/mol. The topological polar surface area (TPSA) is 117 Å². The number of amides is 1. The quantitative estimate of drug-likeness (QED) is 0.129. The summed E-state index contributed by atoms with van der Waals surface area (Å²) in [5, 5.41) is 13.9. The van der Waals surface area contributed by atoms with E-state index in [0.717, 1.165) is 0 Å². The van der Waals surface area contributed by atoms with Crippen LogP contribution in [0.5, 0.6) is 23.0 Å². The first kappa shape index (κ1) is 26.9. The fraction of sp³-hybridized carbons (Fsp3) is 0.300. The molecule has 1 aromatic heterocycles. The third-order valence-electron chi connectivity index (χ3n) is 6.69. The van der Waals surface area contributed by atoms with Gasteiger partial charge < -0.3 is 29.0 Å². The van der Waals surface area contributed by atoms with Crippen molar-refractivity contribution in [2.24, 2.45) is 0 Å². The van der Waals surface area contributed by atoms with Gasteiger partial charge in [0, 0.05) is 18.5 Å². The molecule has 1 atom stereocenters. The summed E-state index contributed by atoms with van der Waals surface area (Å²) in [6, 6.07) is 9.08. The van der Waals surface area contributed by atoms with Gasteiger partial charge in [-0.1, -0.05) is 30.5 Å². The van der Waals surface area contributed by atoms with Crippen LogP contribution in [0.2, 0.25) is 0 Å². The van der Waals surface area contributed by atoms with Crippen molar-refractivity contribution in [3.05, 3.63) is 84.5 Å². The lowest BCUT2D eigenvalue weighted by Gasteiger charge is -2.28. The van der Waals surface area contributed by atoms with Crippen molar-refractivity contribution >= 4 is 17.4 Å². The van der Waals surface area contributed by atoms with E-state index in [4.69, 9.17) is 18.9 Å². The highest BCUT2D eigenvalue weighted by Crippen LogP contribution is 2.42. The predicted octanol–water partition coefficient (Wildman–Crippen LogP) is 2.35. The van der Waals surface area contributed by atoms with Gasteiger partial charge in [-0.2, -0.15) is 0 Å². The lowest BCUT2D eigenvalue weighted by Crippen LogP contribution is -2.36. The minimum absolute atomic E-state index is 0.113. The van der Waals surface area contributed by atoms with Crippen molar-refractivity contribution in [2.75, 3.05) is 33.0 Å². The third-order valence-corrected chi connectivity index (χ3v) is 6.69. The molecule has 1 saturated heterocycles. The maximum atomic E-state index is 13.9. The standard InChI is InChI=1S/C30H31N3O7/c1-3-14-38-22-8-6-20(17-24(22)37-4-2)27-26(28(34)21-7-9-23-25(18-21)40-16-15-39-23)29(35)30(36)33(27)12-5-11-32-13-10-31-19-32/h3,6-10,13,17-19,27H,1,4-5,11-12,14-16H2,2H3,(H,34,35). The van der Waals surface area contributed by atoms with Crippen molar-refractivity contribution in [3.63, 3.8) is 0 Å². The average Bonchev–Trinajstić information content (AvgIpc) is 3.58. The zero-order chi connectivity index (χ0) is 28.1. The number of ether oxygens (including phenoxy) is 4. The van der Waals surface area contributed by atoms with E-state index in [2.05, 4.69) is 11.6 Å². The molecule has 0 aliphatic carbocycles. The van der Waals surface area contributed by atoms with Crippen molar-refractivity contribution in [1.82, 2.24) is 9.88 Å². The molecule has 40 heavy (non-hydrogen) atoms. The average molecular weight is 546 g/mol. The molecule has 1 amide bonds. The van der Waals surface area contributed by atoms with E-state index >= 15 is 0 Å². The number of H-pyrrole nitrogens is 1. The van der Waals surface area contributed by atoms with Gasteiger partial charge in [0.1, 0.15) is 32.2 Å². The van der Waals surface area contributed by atoms with Crippen molar-refractivity contribution in [1.29, 1.82) is 0 Å². The second-order valence-corrected chi connectivity index (χ2v) is 9.27. The Morgan fingerprint density at radius 3 is 2.73 bits per heavy atom. The van der Waals surface area contributed by atoms with Gasteiger partial charge in [-0.25, -0.2) is 4.57 Å². The Hall–Kier alpha value is -4.73. The Morgan fingerprint density at radius 2 is 1.98 bits per heavy atom. The normalized spacial score (nSPS) is 17.6. The number of ketones is 1. The second kappa shape index (κ2) is 12.0. The molecular formula is C30H31N3O7. The van der Waals surface area contributed by atoms with Crippen molar-refractivity contribution in [3.8, 4) is 23.0 Å². The monoisotopic (exact) mass is 545 g/mol. The smallest absolute Gasteiger partial charge is 0.295 e. The van der Waals surface area contributed by atoms with Crippen LogP contribution in [0, 0.1) is 0 Å². The summed E-state index contributed by atoms with van der Waals surface area (Å²) in [5.74, 6) is -0.169. The molecule has 2 aliphatic rings. The molecule has 3 heterocycles. The number of likely N-dealkylation sites (tertiary alicyclic amines) is 1. The molecule has 1 unspecified atom stereocenters. The molecule has 0 spiro atoms. The van der Waals surface area contributed by atoms with Crippen LogP contribution >= 0.6 is 0 Å². The SMILES string of the molecule is C=CCOc1ccc(C2C(=C([O-])c3ccc4c(c3)OCCO4)C(=O)C(=O)N2CCC[n+]2cc[nH]c2)cc1OCC. The fourth-order valence-electron chi connectivity index (χ4n) is 4.90. The van der Waals surface area contributed by atoms with Gasteiger partial charge >= 0.3 is 0 Å². The Bertz CT molecular complexity index is 1430. The number of imidazole rings is 1. The predicted molar refractivity (Wildman–Crippen MR) is 143 cm³/mol. The van der Waals surface area contributed by atoms with Crippen LogP contribution in [0.1, 0.15) is 30.5 Å². The van der Waals surface area contributed by atoms with Crippen LogP contribution in [0.3, 0.4) is 0 Å². The maximum absolute atomic E-state index is 13.9. The third kappa shape index (κ3) is 5.38. The Balaban J connectivity index is 1.56. The van der Waals surface area contributed by atoms with E-state index in [9.17, 15) is 14.7 Å². The number of nitrogens with one attached hydrogen (secondary N) is 1. The molecule has 0 radical (unpaired) electrons. The molecule has 208 valence electrons. The van der Waals surface area contributed by atoms with Gasteiger partial charge in [0.25, 0.3) is 5.91 Å². The van der Waals surface area contributed by atoms with Gasteiger partial charge in [-0.3, -0.25) is 14.6 Å². The highest BCUT2D eigenvalue weighted by molar-refractivity contribution is 6.46. The Labute approximate surface area is 232 Å². The van der Waals surface area contributed by atoms with Crippen LogP contribution in [-0.2, 0) is 16.1 Å². The number of Topliss-reactive ketones (excluding diaryl/α,β-unsaturated/α-hetero) is 1. The number of rotatable bonds is 11. The number of hydrogen-bond donors (Lipinski definition) is 1.